The Kier molecular flexibility index (Phi) is 25.3. The van der Waals surface area contributed by atoms with Crippen LogP contribution >= 0.6 is 0 Å². The Morgan fingerprint density at radius 3 is 1.43 bits per heavy atom. The van der Waals surface area contributed by atoms with E-state index in [4.69, 9.17) is 0 Å². The van der Waals surface area contributed by atoms with Crippen LogP contribution in [-0.4, -0.2) is 156 Å². The Balaban J connectivity index is 0.000000119. The number of H-pyrrole nitrogens is 3. The number of rotatable bonds is 21. The van der Waals surface area contributed by atoms with Gasteiger partial charge in [0.1, 0.15) is 5.69 Å². The molecule has 20 rings (SSSR count). The number of nitrogens with one attached hydrogen (secondary N) is 3. The van der Waals surface area contributed by atoms with Crippen molar-refractivity contribution in [3.63, 3.8) is 0 Å². The van der Waals surface area contributed by atoms with E-state index in [1.165, 1.54) is 71.6 Å². The number of carbonyl (C=O) groups excluding carboxylic acids is 4. The lowest BCUT2D eigenvalue weighted by Gasteiger charge is -2.38. The topological polar surface area (TPSA) is 218 Å². The number of hydrogen-bond donors (Lipinski definition) is 3. The molecule has 3 N–H and O–H groups in total. The molecule has 0 radical (unpaired) electrons. The minimum absolute atomic E-state index is 0.117. The SMILES string of the molecule is CC1(C)CC(Cn2ccc3cc(-c4cn[nH]c4)ccc32)CN1C(=O)Cc1ccccc1.CC1(C)CC(Cn2ccc3cc(-c4cn[nH]c4)ccc32)CN1C(=O)c1ccccc1.CC1CC(Cn2ccc3cc(-c4cnn(C)c4)ccc32)CCN1C(=O)CCc1ccccc1.Cc1cc2cc(-c3cn[nH]n3)ccc2n1CC1CC(C)N(C(=O)CCc2ccccc2)C1. The van der Waals surface area contributed by atoms with Crippen LogP contribution in [0.5, 0.6) is 0 Å². The Hall–Kier alpha value is -13.4. The predicted octanol–water partition coefficient (Wildman–Crippen LogP) is 19.8. The number of benzene rings is 8. The van der Waals surface area contributed by atoms with Crippen molar-refractivity contribution in [1.82, 2.24) is 83.5 Å². The molecule has 0 saturated carbocycles. The maximum atomic E-state index is 13.1. The number of amides is 4. The molecule has 21 nitrogen and oxygen atoms in total. The van der Waals surface area contributed by atoms with E-state index in [0.717, 1.165) is 142 Å². The van der Waals surface area contributed by atoms with Gasteiger partial charge in [0.15, 0.2) is 0 Å². The summed E-state index contributed by atoms with van der Waals surface area (Å²) in [5.74, 6) is 2.85. The molecule has 12 heterocycles. The van der Waals surface area contributed by atoms with Gasteiger partial charge < -0.3 is 37.9 Å². The van der Waals surface area contributed by atoms with Gasteiger partial charge in [-0.2, -0.15) is 30.7 Å². The van der Waals surface area contributed by atoms with Crippen molar-refractivity contribution in [2.75, 3.05) is 26.2 Å². The van der Waals surface area contributed by atoms with Crippen molar-refractivity contribution in [2.24, 2.45) is 30.7 Å². The monoisotopic (exact) mass is 1680 g/mol. The summed E-state index contributed by atoms with van der Waals surface area (Å²) in [4.78, 5) is 60.2. The first-order chi connectivity index (χ1) is 61.1. The number of carbonyl (C=O) groups is 4. The van der Waals surface area contributed by atoms with Crippen LogP contribution in [0.1, 0.15) is 119 Å². The highest BCUT2D eigenvalue weighted by molar-refractivity contribution is 5.95. The Morgan fingerprint density at radius 1 is 0.437 bits per heavy atom. The first kappa shape index (κ1) is 84.8. The average Bonchev–Trinajstić information content (AvgIpc) is 1.53. The highest BCUT2D eigenvalue weighted by Crippen LogP contribution is 2.40. The molecule has 0 bridgehead atoms. The molecule has 4 aliphatic rings. The number of aromatic nitrogens is 13. The molecule has 21 heteroatoms. The van der Waals surface area contributed by atoms with Gasteiger partial charge in [-0.3, -0.25) is 34.1 Å². The van der Waals surface area contributed by atoms with Crippen molar-refractivity contribution in [2.45, 2.75) is 162 Å². The Labute approximate surface area is 737 Å². The van der Waals surface area contributed by atoms with E-state index < -0.39 is 0 Å². The van der Waals surface area contributed by atoms with Gasteiger partial charge in [0.25, 0.3) is 5.91 Å². The van der Waals surface area contributed by atoms with Crippen LogP contribution in [-0.2, 0) is 66.9 Å². The van der Waals surface area contributed by atoms with Gasteiger partial charge in [-0.25, -0.2) is 0 Å². The summed E-state index contributed by atoms with van der Waals surface area (Å²) in [7, 11) is 1.95. The number of likely N-dealkylation sites (tertiary alicyclic amines) is 4. The fourth-order valence-corrected chi connectivity index (χ4v) is 20.2. The predicted molar refractivity (Wildman–Crippen MR) is 502 cm³/mol. The summed E-state index contributed by atoms with van der Waals surface area (Å²) in [6.07, 6.45) is 28.2. The van der Waals surface area contributed by atoms with Gasteiger partial charge in [-0.05, 0) is 235 Å². The lowest BCUT2D eigenvalue weighted by atomic mass is 9.91. The van der Waals surface area contributed by atoms with Crippen molar-refractivity contribution in [3.8, 4) is 44.6 Å². The summed E-state index contributed by atoms with van der Waals surface area (Å²) in [5.41, 5.74) is 19.0. The van der Waals surface area contributed by atoms with Gasteiger partial charge in [-0.1, -0.05) is 133 Å². The molecule has 4 saturated heterocycles. The fraction of sp³-hybridized carbons (Fsp3) is 0.324. The van der Waals surface area contributed by atoms with Crippen molar-refractivity contribution >= 4 is 67.2 Å². The number of aryl methyl sites for hydroxylation is 4. The molecule has 6 unspecified atom stereocenters. The third-order valence-corrected chi connectivity index (χ3v) is 26.6. The number of fused-ring (bicyclic) bond motifs is 4. The zero-order chi connectivity index (χ0) is 87.0. The quantitative estimate of drug-likeness (QED) is 0.0622. The lowest BCUT2D eigenvalue weighted by molar-refractivity contribution is -0.135. The zero-order valence-electron chi connectivity index (χ0n) is 73.6. The van der Waals surface area contributed by atoms with Crippen molar-refractivity contribution < 1.29 is 19.2 Å². The molecule has 8 aromatic heterocycles. The summed E-state index contributed by atoms with van der Waals surface area (Å²) < 4.78 is 11.3. The fourth-order valence-electron chi connectivity index (χ4n) is 20.2. The molecule has 0 spiro atoms. The molecule has 16 aromatic rings. The zero-order valence-corrected chi connectivity index (χ0v) is 73.6. The number of piperidine rings is 1. The van der Waals surface area contributed by atoms with Crippen LogP contribution in [0.25, 0.3) is 88.2 Å². The summed E-state index contributed by atoms with van der Waals surface area (Å²) in [6.45, 7) is 22.4. The van der Waals surface area contributed by atoms with Gasteiger partial charge in [-0.15, -0.1) is 0 Å². The maximum Gasteiger partial charge on any atom is 0.254 e. The molecular weight excluding hydrogens is 1560 g/mol. The van der Waals surface area contributed by atoms with E-state index in [1.807, 2.05) is 140 Å². The minimum atomic E-state index is -0.144. The molecule has 0 aliphatic carbocycles. The average molecular weight is 1680 g/mol. The normalized spacial score (nSPS) is 18.3. The van der Waals surface area contributed by atoms with Gasteiger partial charge in [0.05, 0.1) is 31.2 Å². The molecule has 4 amide bonds. The molecule has 4 fully saturated rings. The molecule has 8 aromatic carbocycles. The first-order valence-electron chi connectivity index (χ1n) is 44.7. The maximum absolute atomic E-state index is 13.1. The van der Waals surface area contributed by atoms with E-state index in [1.54, 1.807) is 6.20 Å². The molecule has 4 aliphatic heterocycles. The third kappa shape index (κ3) is 19.6. The number of nitrogens with zero attached hydrogens (tertiary/aromatic N) is 14. The molecular formula is C105H115N17O4. The van der Waals surface area contributed by atoms with Gasteiger partial charge in [0.2, 0.25) is 17.7 Å². The number of aromatic amines is 3. The van der Waals surface area contributed by atoms with E-state index in [9.17, 15) is 19.2 Å². The van der Waals surface area contributed by atoms with E-state index >= 15 is 0 Å². The van der Waals surface area contributed by atoms with Crippen molar-refractivity contribution in [3.05, 3.63) is 308 Å². The van der Waals surface area contributed by atoms with E-state index in [0.29, 0.717) is 60.9 Å². The van der Waals surface area contributed by atoms with E-state index in [-0.39, 0.29) is 28.8 Å². The lowest BCUT2D eigenvalue weighted by Crippen LogP contribution is -2.45. The van der Waals surface area contributed by atoms with Gasteiger partial charge in [0, 0.05) is 210 Å². The Bertz CT molecular complexity index is 6360. The summed E-state index contributed by atoms with van der Waals surface area (Å²) in [5, 5.41) is 33.9. The van der Waals surface area contributed by atoms with Crippen LogP contribution in [0.4, 0.5) is 0 Å². The molecule has 644 valence electrons. The second-order valence-electron chi connectivity index (χ2n) is 36.6. The summed E-state index contributed by atoms with van der Waals surface area (Å²) >= 11 is 0. The van der Waals surface area contributed by atoms with Gasteiger partial charge >= 0.3 is 0 Å². The molecule has 126 heavy (non-hydrogen) atoms. The van der Waals surface area contributed by atoms with Crippen LogP contribution in [0.15, 0.2) is 280 Å². The largest absolute Gasteiger partial charge is 0.347 e. The third-order valence-electron chi connectivity index (χ3n) is 26.6. The minimum Gasteiger partial charge on any atom is -0.347 e. The number of hydrogen-bond acceptors (Lipinski definition) is 9. The van der Waals surface area contributed by atoms with Crippen LogP contribution in [0.2, 0.25) is 0 Å². The van der Waals surface area contributed by atoms with E-state index in [2.05, 4.69) is 273 Å². The highest BCUT2D eigenvalue weighted by Gasteiger charge is 2.43. The second-order valence-corrected chi connectivity index (χ2v) is 36.6. The standard InChI is InChI=1S/C28H32N4O.C26H29N5O.C26H28N4O.C25H26N4O/c1-21-16-23(12-15-32(21)28(33)11-8-22-6-4-3-5-7-22)19-31-14-13-25-17-24(9-10-27(25)31)26-18-29-30(2)20-26;1-18-12-21(17-31(18)26(32)11-8-20-6-4-3-5-7-20)16-30-19(2)13-23-14-22(9-10-25(23)30)24-15-27-29-28-24;1-26(2)14-20(18-30(26)25(31)12-19-6-4-3-5-7-19)17-29-11-10-22-13-21(8-9-24(22)29)23-15-27-28-16-23;1-25(2)13-18(17-29(25)24(30)19-6-4-3-5-7-19)16-28-11-10-21-12-20(8-9-23(21)28)22-14-26-27-15-22/h3-7,9-10,13-14,17-18,20-21,23H,8,11-12,15-16,19H2,1-2H3;3-7,9-10,13-15,18,21H,8,11-12,16-17H2,1-2H3,(H,27,28,29);3-11,13,15-16,20H,12,14,17-18H2,1-2H3,(H,27,28);3-12,14-15,18H,13,16-17H2,1-2H3,(H,26,27). The second kappa shape index (κ2) is 37.6. The van der Waals surface area contributed by atoms with Crippen LogP contribution in [0.3, 0.4) is 0 Å². The smallest absolute Gasteiger partial charge is 0.254 e. The summed E-state index contributed by atoms with van der Waals surface area (Å²) in [6, 6.07) is 75.8. The first-order valence-corrected chi connectivity index (χ1v) is 44.7. The van der Waals surface area contributed by atoms with Crippen molar-refractivity contribution in [1.29, 1.82) is 0 Å². The van der Waals surface area contributed by atoms with Crippen LogP contribution < -0.4 is 0 Å². The Morgan fingerprint density at radius 2 is 0.913 bits per heavy atom. The highest BCUT2D eigenvalue weighted by atomic mass is 16.2. The van der Waals surface area contributed by atoms with Crippen LogP contribution in [0, 0.1) is 30.6 Å². The molecule has 6 atom stereocenters.